The fraction of sp³-hybridized carbons (Fsp3) is 1.00. The fourth-order valence-electron chi connectivity index (χ4n) is 2.90. The first-order chi connectivity index (χ1) is 7.67. The van der Waals surface area contributed by atoms with Crippen LogP contribution in [0.15, 0.2) is 0 Å². The molecule has 0 saturated heterocycles. The van der Waals surface area contributed by atoms with Gasteiger partial charge in [0.1, 0.15) is 0 Å². The van der Waals surface area contributed by atoms with E-state index in [0.29, 0.717) is 13.0 Å². The normalized spacial score (nSPS) is 38.9. The van der Waals surface area contributed by atoms with Crippen LogP contribution in [-0.4, -0.2) is 25.9 Å². The first-order valence-corrected chi connectivity index (χ1v) is 25.8. The summed E-state index contributed by atoms with van der Waals surface area (Å²) in [5, 5.41) is 0. The van der Waals surface area contributed by atoms with E-state index in [4.69, 9.17) is 26.0 Å². The second-order valence-electron chi connectivity index (χ2n) is 4.60. The van der Waals surface area contributed by atoms with Crippen LogP contribution in [0.4, 0.5) is 0 Å². The topological polar surface area (TPSA) is 18.5 Å². The van der Waals surface area contributed by atoms with Crippen molar-refractivity contribution in [3.05, 3.63) is 0 Å². The molecule has 1 aliphatic rings. The Morgan fingerprint density at radius 2 is 2.00 bits per heavy atom. The van der Waals surface area contributed by atoms with Crippen molar-refractivity contribution in [1.29, 1.82) is 0 Å². The predicted molar refractivity (Wildman–Crippen MR) is 59.3 cm³/mol. The molecule has 2 nitrogen and oxygen atoms in total. The van der Waals surface area contributed by atoms with Gasteiger partial charge in [-0.05, 0) is 0 Å². The number of halogens is 2. The predicted octanol–water partition coefficient (Wildman–Crippen LogP) is 3.64. The van der Waals surface area contributed by atoms with E-state index in [1.807, 2.05) is 14.2 Å². The Morgan fingerprint density at radius 1 is 1.31 bits per heavy atom. The Bertz CT molecular complexity index is 215. The third kappa shape index (κ3) is 3.47. The molecule has 4 unspecified atom stereocenters. The van der Waals surface area contributed by atoms with Crippen LogP contribution in [0.1, 0.15) is 26.2 Å². The molecule has 1 rings (SSSR count). The molecular formula is C10H18Cl2Hg2O2. The van der Waals surface area contributed by atoms with Gasteiger partial charge >= 0.3 is 132 Å². The van der Waals surface area contributed by atoms with Gasteiger partial charge in [-0.15, -0.1) is 0 Å². The van der Waals surface area contributed by atoms with E-state index >= 15 is 0 Å². The van der Waals surface area contributed by atoms with Crippen molar-refractivity contribution >= 4 is 16.5 Å². The van der Waals surface area contributed by atoms with Crippen molar-refractivity contribution in [2.75, 3.05) is 14.2 Å². The molecule has 88 valence electrons. The van der Waals surface area contributed by atoms with Gasteiger partial charge in [0, 0.05) is 0 Å². The van der Waals surface area contributed by atoms with Crippen molar-refractivity contribution in [3.63, 3.8) is 0 Å². The zero-order valence-corrected chi connectivity index (χ0v) is 22.8. The summed E-state index contributed by atoms with van der Waals surface area (Å²) in [7, 11) is 16.2. The molecule has 0 heterocycles. The Kier molecular flexibility index (Phi) is 8.05. The van der Waals surface area contributed by atoms with Crippen molar-refractivity contribution in [2.45, 2.75) is 44.7 Å². The molecule has 1 saturated carbocycles. The number of rotatable bonds is 5. The standard InChI is InChI=1S/C10H18O2.2ClH.2Hg/c1-4-10(12-3)7-5-9(11-2)6-8-10;;;;/h5,8-9H,4,6-7H2,1-3H3;2*1H;;/q;;;2*+1/p-2. The number of methoxy groups -OCH3 is 2. The van der Waals surface area contributed by atoms with Crippen LogP contribution in [0.2, 0.25) is 6.85 Å². The minimum atomic E-state index is -1.32. The van der Waals surface area contributed by atoms with Crippen molar-refractivity contribution in [3.8, 4) is 0 Å². The number of hydrogen-bond donors (Lipinski definition) is 0. The molecule has 0 aromatic heterocycles. The molecule has 16 heavy (non-hydrogen) atoms. The maximum absolute atomic E-state index is 6.31. The van der Waals surface area contributed by atoms with Crippen molar-refractivity contribution in [1.82, 2.24) is 0 Å². The zero-order chi connectivity index (χ0) is 12.2. The number of ether oxygens (including phenoxy) is 2. The van der Waals surface area contributed by atoms with Crippen LogP contribution in [-0.2, 0) is 56.2 Å². The number of hydrogen-bond acceptors (Lipinski definition) is 2. The van der Waals surface area contributed by atoms with Crippen LogP contribution in [0.3, 0.4) is 0 Å². The van der Waals surface area contributed by atoms with Gasteiger partial charge in [0.2, 0.25) is 0 Å². The Morgan fingerprint density at radius 3 is 2.38 bits per heavy atom. The van der Waals surface area contributed by atoms with Crippen LogP contribution in [0.5, 0.6) is 0 Å². The average Bonchev–Trinajstić information content (AvgIpc) is 2.36. The van der Waals surface area contributed by atoms with Gasteiger partial charge in [0.05, 0.1) is 0 Å². The van der Waals surface area contributed by atoms with E-state index in [-0.39, 0.29) is 5.60 Å². The summed E-state index contributed by atoms with van der Waals surface area (Å²) in [6.07, 6.45) is 3.64. The molecule has 4 atom stereocenters. The van der Waals surface area contributed by atoms with Gasteiger partial charge in [0.15, 0.2) is 0 Å². The average molecular weight is 642 g/mol. The monoisotopic (exact) mass is 644 g/mol. The SMILES string of the molecule is CCC1(OC)C[CH]([Hg][Cl])C(OC)C[CH]1[Hg][Cl]. The third-order valence-electron chi connectivity index (χ3n) is 4.09. The Hall–Kier alpha value is 2.37. The van der Waals surface area contributed by atoms with Crippen LogP contribution >= 0.6 is 16.5 Å². The van der Waals surface area contributed by atoms with Gasteiger partial charge in [0.25, 0.3) is 0 Å². The fourth-order valence-corrected chi connectivity index (χ4v) is 19.0. The van der Waals surface area contributed by atoms with E-state index in [0.717, 1.165) is 19.3 Å². The minimum absolute atomic E-state index is 0.0396. The van der Waals surface area contributed by atoms with Gasteiger partial charge < -0.3 is 0 Å². The molecule has 0 bridgehead atoms. The Balaban J connectivity index is 2.85. The molecular weight excluding hydrogens is 624 g/mol. The van der Waals surface area contributed by atoms with E-state index in [9.17, 15) is 0 Å². The molecule has 0 N–H and O–H groups in total. The van der Waals surface area contributed by atoms with Gasteiger partial charge in [-0.3, -0.25) is 0 Å². The van der Waals surface area contributed by atoms with Crippen LogP contribution in [0.25, 0.3) is 0 Å². The van der Waals surface area contributed by atoms with Crippen LogP contribution in [0, 0.1) is 0 Å². The van der Waals surface area contributed by atoms with E-state index in [2.05, 4.69) is 6.92 Å². The summed E-state index contributed by atoms with van der Waals surface area (Å²) >= 11 is -2.60. The molecule has 0 radical (unpaired) electrons. The first-order valence-electron chi connectivity index (χ1n) is 5.87. The van der Waals surface area contributed by atoms with Gasteiger partial charge in [-0.2, -0.15) is 0 Å². The van der Waals surface area contributed by atoms with Gasteiger partial charge in [-0.1, -0.05) is 0 Å². The Labute approximate surface area is 130 Å². The molecule has 0 aromatic rings. The molecule has 0 amide bonds. The molecule has 1 fully saturated rings. The first kappa shape index (κ1) is 16.4. The molecule has 1 aliphatic carbocycles. The second-order valence-corrected chi connectivity index (χ2v) is 20.3. The van der Waals surface area contributed by atoms with Crippen LogP contribution < -0.4 is 0 Å². The molecule has 0 aliphatic heterocycles. The third-order valence-corrected chi connectivity index (χ3v) is 21.2. The summed E-state index contributed by atoms with van der Waals surface area (Å²) in [6.45, 7) is 2.21. The van der Waals surface area contributed by atoms with Gasteiger partial charge in [-0.25, -0.2) is 0 Å². The molecule has 6 heteroatoms. The second kappa shape index (κ2) is 7.84. The van der Waals surface area contributed by atoms with Crippen molar-refractivity contribution in [2.24, 2.45) is 0 Å². The van der Waals surface area contributed by atoms with E-state index in [1.165, 1.54) is 0 Å². The van der Waals surface area contributed by atoms with E-state index < -0.39 is 46.7 Å². The summed E-state index contributed by atoms with van der Waals surface area (Å²) < 4.78 is 12.7. The maximum atomic E-state index is 6.31. The summed E-state index contributed by atoms with van der Waals surface area (Å²) in [5.74, 6) is 0. The summed E-state index contributed by atoms with van der Waals surface area (Å²) in [6, 6.07) is 0. The summed E-state index contributed by atoms with van der Waals surface area (Å²) in [4.78, 5) is 0. The molecule has 0 spiro atoms. The van der Waals surface area contributed by atoms with Crippen molar-refractivity contribution < 1.29 is 56.2 Å². The molecule has 0 aromatic carbocycles. The zero-order valence-electron chi connectivity index (χ0n) is 10.3. The van der Waals surface area contributed by atoms with E-state index in [1.54, 1.807) is 0 Å². The quantitative estimate of drug-likeness (QED) is 0.427. The summed E-state index contributed by atoms with van der Waals surface area (Å²) in [5.41, 5.74) is 0.0396.